The number of amides is 1. The van der Waals surface area contributed by atoms with E-state index in [-0.39, 0.29) is 11.8 Å². The van der Waals surface area contributed by atoms with Crippen LogP contribution >= 0.6 is 11.6 Å². The smallest absolute Gasteiger partial charge is 0.241 e. The van der Waals surface area contributed by atoms with Crippen molar-refractivity contribution in [1.29, 1.82) is 0 Å². The van der Waals surface area contributed by atoms with Crippen molar-refractivity contribution in [2.45, 2.75) is 19.4 Å². The van der Waals surface area contributed by atoms with E-state index >= 15 is 0 Å². The lowest BCUT2D eigenvalue weighted by Gasteiger charge is -2.38. The topological polar surface area (TPSA) is 65.7 Å². The molecule has 1 atom stereocenters. The zero-order valence-electron chi connectivity index (χ0n) is 20.4. The number of aromatic nitrogens is 2. The normalized spacial score (nSPS) is 19.7. The van der Waals surface area contributed by atoms with Gasteiger partial charge in [0.2, 0.25) is 17.6 Å². The van der Waals surface area contributed by atoms with Crippen LogP contribution in [-0.2, 0) is 11.3 Å². The SMILES string of the molecule is O=C(C1CCCN(Cc2nc(-c3ccc(Cl)cc3)no2)C1)N1CCN(C/C=C/c2ccccc2)CC1. The van der Waals surface area contributed by atoms with Gasteiger partial charge in [-0.25, -0.2) is 0 Å². The molecule has 3 aromatic rings. The average Bonchev–Trinajstić information content (AvgIpc) is 3.38. The molecule has 1 aromatic heterocycles. The number of halogens is 1. The minimum atomic E-state index is 0.0296. The standard InChI is InChI=1S/C28H32ClN5O2/c29-25-12-10-23(11-13-25)27-30-26(36-31-27)21-33-15-5-9-24(20-33)28(35)34-18-16-32(17-19-34)14-4-8-22-6-2-1-3-7-22/h1-4,6-8,10-13,24H,5,9,14-21H2/b8-4+. The number of carbonyl (C=O) groups excluding carboxylic acids is 1. The monoisotopic (exact) mass is 505 g/mol. The highest BCUT2D eigenvalue weighted by atomic mass is 35.5. The van der Waals surface area contributed by atoms with Crippen molar-refractivity contribution in [2.24, 2.45) is 5.92 Å². The zero-order chi connectivity index (χ0) is 24.7. The first-order chi connectivity index (χ1) is 17.6. The fraction of sp³-hybridized carbons (Fsp3) is 0.393. The molecule has 2 saturated heterocycles. The minimum Gasteiger partial charge on any atom is -0.340 e. The summed E-state index contributed by atoms with van der Waals surface area (Å²) in [6, 6.07) is 17.7. The van der Waals surface area contributed by atoms with Gasteiger partial charge in [0, 0.05) is 49.9 Å². The Hall–Kier alpha value is -3.00. The first-order valence-corrected chi connectivity index (χ1v) is 13.1. The molecule has 2 aliphatic heterocycles. The number of benzene rings is 2. The zero-order valence-corrected chi connectivity index (χ0v) is 21.2. The van der Waals surface area contributed by atoms with Gasteiger partial charge < -0.3 is 9.42 Å². The molecule has 0 N–H and O–H groups in total. The van der Waals surface area contributed by atoms with Crippen molar-refractivity contribution < 1.29 is 9.32 Å². The van der Waals surface area contributed by atoms with E-state index in [0.717, 1.165) is 64.2 Å². The Morgan fingerprint density at radius 2 is 1.78 bits per heavy atom. The summed E-state index contributed by atoms with van der Waals surface area (Å²) in [5.74, 6) is 1.45. The molecule has 8 heteroatoms. The summed E-state index contributed by atoms with van der Waals surface area (Å²) >= 11 is 5.97. The van der Waals surface area contributed by atoms with Crippen LogP contribution in [-0.4, -0.2) is 76.6 Å². The first-order valence-electron chi connectivity index (χ1n) is 12.7. The Morgan fingerprint density at radius 1 is 1.00 bits per heavy atom. The van der Waals surface area contributed by atoms with Gasteiger partial charge in [-0.2, -0.15) is 4.98 Å². The predicted octanol–water partition coefficient (Wildman–Crippen LogP) is 4.46. The summed E-state index contributed by atoms with van der Waals surface area (Å²) in [4.78, 5) is 24.5. The van der Waals surface area contributed by atoms with E-state index < -0.39 is 0 Å². The molecule has 0 bridgehead atoms. The van der Waals surface area contributed by atoms with Gasteiger partial charge in [-0.1, -0.05) is 59.2 Å². The molecule has 0 radical (unpaired) electrons. The second-order valence-electron chi connectivity index (χ2n) is 9.53. The molecule has 2 aromatic carbocycles. The number of rotatable bonds is 7. The maximum absolute atomic E-state index is 13.3. The quantitative estimate of drug-likeness (QED) is 0.472. The summed E-state index contributed by atoms with van der Waals surface area (Å²) in [5.41, 5.74) is 2.09. The fourth-order valence-electron chi connectivity index (χ4n) is 4.94. The van der Waals surface area contributed by atoms with Gasteiger partial charge in [-0.3, -0.25) is 14.6 Å². The van der Waals surface area contributed by atoms with E-state index in [0.29, 0.717) is 23.3 Å². The minimum absolute atomic E-state index is 0.0296. The maximum Gasteiger partial charge on any atom is 0.241 e. The van der Waals surface area contributed by atoms with E-state index in [1.807, 2.05) is 30.3 Å². The van der Waals surface area contributed by atoms with Crippen LogP contribution in [0.1, 0.15) is 24.3 Å². The summed E-state index contributed by atoms with van der Waals surface area (Å²) in [6.07, 6.45) is 6.31. The molecule has 36 heavy (non-hydrogen) atoms. The van der Waals surface area contributed by atoms with E-state index in [2.05, 4.69) is 61.3 Å². The molecule has 2 aliphatic rings. The Labute approximate surface area is 217 Å². The molecule has 3 heterocycles. The lowest BCUT2D eigenvalue weighted by molar-refractivity contribution is -0.139. The van der Waals surface area contributed by atoms with Crippen LogP contribution in [0, 0.1) is 5.92 Å². The highest BCUT2D eigenvalue weighted by molar-refractivity contribution is 6.30. The summed E-state index contributed by atoms with van der Waals surface area (Å²) in [6.45, 7) is 6.56. The number of likely N-dealkylation sites (tertiary alicyclic amines) is 1. The van der Waals surface area contributed by atoms with Crippen molar-refractivity contribution in [2.75, 3.05) is 45.8 Å². The Morgan fingerprint density at radius 3 is 2.56 bits per heavy atom. The second kappa shape index (κ2) is 11.8. The molecule has 0 saturated carbocycles. The number of hydrogen-bond donors (Lipinski definition) is 0. The third-order valence-electron chi connectivity index (χ3n) is 6.94. The molecule has 0 aliphatic carbocycles. The summed E-state index contributed by atoms with van der Waals surface area (Å²) in [5, 5.41) is 4.79. The van der Waals surface area contributed by atoms with E-state index in [9.17, 15) is 4.79 Å². The Balaban J connectivity index is 1.09. The van der Waals surface area contributed by atoms with Gasteiger partial charge in [-0.05, 0) is 49.2 Å². The molecular formula is C28H32ClN5O2. The maximum atomic E-state index is 13.3. The molecule has 5 rings (SSSR count). The number of carbonyl (C=O) groups is 1. The average molecular weight is 506 g/mol. The lowest BCUT2D eigenvalue weighted by atomic mass is 9.96. The molecule has 7 nitrogen and oxygen atoms in total. The Bertz CT molecular complexity index is 1160. The fourth-order valence-corrected chi connectivity index (χ4v) is 5.06. The van der Waals surface area contributed by atoms with Crippen molar-refractivity contribution >= 4 is 23.6 Å². The number of piperazine rings is 1. The van der Waals surface area contributed by atoms with E-state index in [4.69, 9.17) is 16.1 Å². The Kier molecular flexibility index (Phi) is 8.11. The summed E-state index contributed by atoms with van der Waals surface area (Å²) in [7, 11) is 0. The molecule has 1 amide bonds. The van der Waals surface area contributed by atoms with Crippen molar-refractivity contribution in [3.63, 3.8) is 0 Å². The van der Waals surface area contributed by atoms with Crippen LogP contribution < -0.4 is 0 Å². The van der Waals surface area contributed by atoms with Crippen LogP contribution in [0.2, 0.25) is 5.02 Å². The van der Waals surface area contributed by atoms with E-state index in [1.54, 1.807) is 0 Å². The van der Waals surface area contributed by atoms with Crippen LogP contribution in [0.25, 0.3) is 17.5 Å². The van der Waals surface area contributed by atoms with Gasteiger partial charge in [0.15, 0.2) is 0 Å². The third-order valence-corrected chi connectivity index (χ3v) is 7.19. The largest absolute Gasteiger partial charge is 0.340 e. The highest BCUT2D eigenvalue weighted by Gasteiger charge is 2.31. The van der Waals surface area contributed by atoms with Crippen molar-refractivity contribution in [3.05, 3.63) is 77.2 Å². The van der Waals surface area contributed by atoms with Gasteiger partial charge in [0.25, 0.3) is 0 Å². The number of hydrogen-bond acceptors (Lipinski definition) is 6. The van der Waals surface area contributed by atoms with Gasteiger partial charge in [0.05, 0.1) is 12.5 Å². The van der Waals surface area contributed by atoms with E-state index in [1.165, 1.54) is 5.56 Å². The van der Waals surface area contributed by atoms with Crippen molar-refractivity contribution in [3.8, 4) is 11.4 Å². The van der Waals surface area contributed by atoms with Gasteiger partial charge in [-0.15, -0.1) is 0 Å². The lowest BCUT2D eigenvalue weighted by Crippen LogP contribution is -2.52. The van der Waals surface area contributed by atoms with Crippen LogP contribution in [0.4, 0.5) is 0 Å². The second-order valence-corrected chi connectivity index (χ2v) is 9.97. The highest BCUT2D eigenvalue weighted by Crippen LogP contribution is 2.23. The first kappa shape index (κ1) is 24.7. The predicted molar refractivity (Wildman–Crippen MR) is 141 cm³/mol. The third kappa shape index (κ3) is 6.40. The molecule has 2 fully saturated rings. The van der Waals surface area contributed by atoms with Crippen LogP contribution in [0.3, 0.4) is 0 Å². The van der Waals surface area contributed by atoms with Gasteiger partial charge in [0.1, 0.15) is 0 Å². The van der Waals surface area contributed by atoms with Crippen LogP contribution in [0.5, 0.6) is 0 Å². The van der Waals surface area contributed by atoms with Crippen LogP contribution in [0.15, 0.2) is 65.2 Å². The summed E-state index contributed by atoms with van der Waals surface area (Å²) < 4.78 is 5.49. The molecule has 0 spiro atoms. The number of nitrogens with zero attached hydrogens (tertiary/aromatic N) is 5. The molecular weight excluding hydrogens is 474 g/mol. The van der Waals surface area contributed by atoms with Crippen molar-refractivity contribution in [1.82, 2.24) is 24.8 Å². The molecule has 188 valence electrons. The van der Waals surface area contributed by atoms with Gasteiger partial charge >= 0.3 is 0 Å². The number of piperidine rings is 1. The molecule has 1 unspecified atom stereocenters.